The first-order chi connectivity index (χ1) is 12.0. The van der Waals surface area contributed by atoms with Crippen molar-refractivity contribution in [2.75, 3.05) is 19.3 Å². The third-order valence-corrected chi connectivity index (χ3v) is 5.33. The maximum absolute atomic E-state index is 12.7. The number of thioether (sulfide) groups is 1. The molecule has 1 fully saturated rings. The summed E-state index contributed by atoms with van der Waals surface area (Å²) in [6, 6.07) is 9.71. The van der Waals surface area contributed by atoms with Crippen molar-refractivity contribution in [2.24, 2.45) is 0 Å². The van der Waals surface area contributed by atoms with E-state index in [1.54, 1.807) is 24.8 Å². The van der Waals surface area contributed by atoms with Crippen LogP contribution in [0.3, 0.4) is 0 Å². The molecule has 0 radical (unpaired) electrons. The van der Waals surface area contributed by atoms with Gasteiger partial charge in [0.2, 0.25) is 5.91 Å². The number of aromatic amines is 1. The van der Waals surface area contributed by atoms with Crippen LogP contribution in [0.1, 0.15) is 35.8 Å². The molecule has 0 bridgehead atoms. The lowest BCUT2D eigenvalue weighted by atomic mass is 9.94. The Morgan fingerprint density at radius 3 is 2.80 bits per heavy atom. The number of hydrogen-bond acceptors (Lipinski definition) is 4. The lowest BCUT2D eigenvalue weighted by Crippen LogP contribution is -2.40. The highest BCUT2D eigenvalue weighted by Gasteiger charge is 2.26. The first-order valence-corrected chi connectivity index (χ1v) is 9.76. The quantitative estimate of drug-likeness (QED) is 0.855. The fourth-order valence-corrected chi connectivity index (χ4v) is 3.69. The Kier molecular flexibility index (Phi) is 5.58. The summed E-state index contributed by atoms with van der Waals surface area (Å²) in [5, 5.41) is 0. The van der Waals surface area contributed by atoms with E-state index in [0.29, 0.717) is 18.8 Å². The maximum Gasteiger partial charge on any atom is 0.251 e. The Balaban J connectivity index is 1.67. The van der Waals surface area contributed by atoms with Crippen molar-refractivity contribution in [1.29, 1.82) is 0 Å². The van der Waals surface area contributed by atoms with Gasteiger partial charge in [-0.05, 0) is 43.7 Å². The second-order valence-electron chi connectivity index (χ2n) is 6.46. The summed E-state index contributed by atoms with van der Waals surface area (Å²) < 4.78 is 0. The van der Waals surface area contributed by atoms with Gasteiger partial charge < -0.3 is 9.88 Å². The van der Waals surface area contributed by atoms with Crippen molar-refractivity contribution < 1.29 is 4.79 Å². The van der Waals surface area contributed by atoms with Crippen molar-refractivity contribution in [2.45, 2.75) is 37.0 Å². The minimum absolute atomic E-state index is 0.125. The van der Waals surface area contributed by atoms with Crippen molar-refractivity contribution in [3.63, 3.8) is 0 Å². The van der Waals surface area contributed by atoms with Gasteiger partial charge in [-0.1, -0.05) is 12.1 Å². The summed E-state index contributed by atoms with van der Waals surface area (Å²) in [5.41, 5.74) is 1.71. The van der Waals surface area contributed by atoms with E-state index in [2.05, 4.69) is 22.1 Å². The standard InChI is InChI=1S/C19H23N3O2S/c1-13-20-17(11-18(23)21-13)15-4-3-9-22(12-15)19(24)10-14-5-7-16(25-2)8-6-14/h5-8,11,15H,3-4,9-10,12H2,1-2H3,(H,20,21,23). The second kappa shape index (κ2) is 7.87. The molecule has 0 spiro atoms. The van der Waals surface area contributed by atoms with Crippen LogP contribution in [0.15, 0.2) is 40.0 Å². The number of carbonyl (C=O) groups excluding carboxylic acids is 1. The Bertz CT molecular complexity index is 801. The van der Waals surface area contributed by atoms with Crippen molar-refractivity contribution in [3.8, 4) is 0 Å². The van der Waals surface area contributed by atoms with E-state index in [4.69, 9.17) is 0 Å². The molecular formula is C19H23N3O2S. The number of nitrogens with one attached hydrogen (secondary N) is 1. The van der Waals surface area contributed by atoms with Crippen LogP contribution < -0.4 is 5.56 Å². The average molecular weight is 357 g/mol. The van der Waals surface area contributed by atoms with E-state index in [9.17, 15) is 9.59 Å². The van der Waals surface area contributed by atoms with Gasteiger partial charge in [0.25, 0.3) is 5.56 Å². The maximum atomic E-state index is 12.7. The van der Waals surface area contributed by atoms with E-state index in [1.807, 2.05) is 23.3 Å². The third-order valence-electron chi connectivity index (χ3n) is 4.59. The molecule has 5 nitrogen and oxygen atoms in total. The Hall–Kier alpha value is -2.08. The number of carbonyl (C=O) groups is 1. The van der Waals surface area contributed by atoms with E-state index >= 15 is 0 Å². The molecule has 3 rings (SSSR count). The van der Waals surface area contributed by atoms with E-state index < -0.39 is 0 Å². The highest BCUT2D eigenvalue weighted by Crippen LogP contribution is 2.25. The zero-order chi connectivity index (χ0) is 17.8. The number of benzene rings is 1. The van der Waals surface area contributed by atoms with Crippen LogP contribution in [0.4, 0.5) is 0 Å². The Morgan fingerprint density at radius 2 is 2.12 bits per heavy atom. The number of hydrogen-bond donors (Lipinski definition) is 1. The van der Waals surface area contributed by atoms with Gasteiger partial charge in [0.05, 0.1) is 12.1 Å². The minimum Gasteiger partial charge on any atom is -0.342 e. The Morgan fingerprint density at radius 1 is 1.36 bits per heavy atom. The number of piperidine rings is 1. The fraction of sp³-hybridized carbons (Fsp3) is 0.421. The lowest BCUT2D eigenvalue weighted by Gasteiger charge is -2.32. The monoisotopic (exact) mass is 357 g/mol. The van der Waals surface area contributed by atoms with E-state index in [1.165, 1.54) is 4.90 Å². The molecule has 0 aliphatic carbocycles. The van der Waals surface area contributed by atoms with Crippen LogP contribution in [0, 0.1) is 6.92 Å². The summed E-state index contributed by atoms with van der Waals surface area (Å²) in [7, 11) is 0. The molecule has 1 atom stereocenters. The molecule has 25 heavy (non-hydrogen) atoms. The molecule has 2 heterocycles. The first-order valence-electron chi connectivity index (χ1n) is 8.53. The van der Waals surface area contributed by atoms with Gasteiger partial charge in [0, 0.05) is 30.0 Å². The van der Waals surface area contributed by atoms with Gasteiger partial charge >= 0.3 is 0 Å². The first kappa shape index (κ1) is 17.7. The molecule has 2 aromatic rings. The van der Waals surface area contributed by atoms with E-state index in [-0.39, 0.29) is 17.4 Å². The zero-order valence-corrected chi connectivity index (χ0v) is 15.4. The molecule has 6 heteroatoms. The molecule has 1 saturated heterocycles. The van der Waals surface area contributed by atoms with Crippen LogP contribution in [0.25, 0.3) is 0 Å². The summed E-state index contributed by atoms with van der Waals surface area (Å²) in [6.07, 6.45) is 4.36. The molecular weight excluding hydrogens is 334 g/mol. The number of H-pyrrole nitrogens is 1. The van der Waals surface area contributed by atoms with Gasteiger partial charge in [-0.2, -0.15) is 0 Å². The highest BCUT2D eigenvalue weighted by molar-refractivity contribution is 7.98. The van der Waals surface area contributed by atoms with Crippen molar-refractivity contribution >= 4 is 17.7 Å². The summed E-state index contributed by atoms with van der Waals surface area (Å²) in [4.78, 5) is 34.6. The molecule has 1 unspecified atom stereocenters. The largest absolute Gasteiger partial charge is 0.342 e. The molecule has 1 aliphatic heterocycles. The zero-order valence-electron chi connectivity index (χ0n) is 14.6. The summed E-state index contributed by atoms with van der Waals surface area (Å²) >= 11 is 1.69. The van der Waals surface area contributed by atoms with Gasteiger partial charge in [-0.15, -0.1) is 11.8 Å². The molecule has 1 aliphatic rings. The van der Waals surface area contributed by atoms with Crippen molar-refractivity contribution in [3.05, 3.63) is 57.8 Å². The number of aryl methyl sites for hydroxylation is 1. The van der Waals surface area contributed by atoms with Crippen LogP contribution in [0.5, 0.6) is 0 Å². The third kappa shape index (κ3) is 4.51. The van der Waals surface area contributed by atoms with Crippen molar-refractivity contribution in [1.82, 2.24) is 14.9 Å². The van der Waals surface area contributed by atoms with Gasteiger partial charge in [-0.3, -0.25) is 9.59 Å². The molecule has 1 N–H and O–H groups in total. The van der Waals surface area contributed by atoms with Crippen LogP contribution >= 0.6 is 11.8 Å². The number of aromatic nitrogens is 2. The minimum atomic E-state index is -0.125. The molecule has 1 aromatic heterocycles. The van der Waals surface area contributed by atoms with E-state index in [0.717, 1.165) is 30.6 Å². The summed E-state index contributed by atoms with van der Waals surface area (Å²) in [5.74, 6) is 0.903. The lowest BCUT2D eigenvalue weighted by molar-refractivity contribution is -0.131. The highest BCUT2D eigenvalue weighted by atomic mass is 32.2. The van der Waals surface area contributed by atoms with Gasteiger partial charge in [0.15, 0.2) is 0 Å². The molecule has 0 saturated carbocycles. The normalized spacial score (nSPS) is 17.5. The van der Waals surface area contributed by atoms with Gasteiger partial charge in [-0.25, -0.2) is 4.98 Å². The summed E-state index contributed by atoms with van der Waals surface area (Å²) in [6.45, 7) is 3.20. The number of nitrogens with zero attached hydrogens (tertiary/aromatic N) is 2. The number of rotatable bonds is 4. The molecule has 1 amide bonds. The molecule has 1 aromatic carbocycles. The Labute approximate surface area is 151 Å². The van der Waals surface area contributed by atoms with Gasteiger partial charge in [0.1, 0.15) is 5.82 Å². The predicted octanol–water partition coefficient (Wildman–Crippen LogP) is 2.75. The number of amides is 1. The van der Waals surface area contributed by atoms with Crippen LogP contribution in [-0.2, 0) is 11.2 Å². The topological polar surface area (TPSA) is 66.1 Å². The molecule has 132 valence electrons. The second-order valence-corrected chi connectivity index (χ2v) is 7.34. The number of likely N-dealkylation sites (tertiary alicyclic amines) is 1. The predicted molar refractivity (Wildman–Crippen MR) is 100 cm³/mol. The SMILES string of the molecule is CSc1ccc(CC(=O)N2CCCC(c3cc(=O)[nH]c(C)n3)C2)cc1. The van der Waals surface area contributed by atoms with Crippen LogP contribution in [0.2, 0.25) is 0 Å². The van der Waals surface area contributed by atoms with Crippen LogP contribution in [-0.4, -0.2) is 40.1 Å². The smallest absolute Gasteiger partial charge is 0.251 e. The average Bonchev–Trinajstić information content (AvgIpc) is 2.61. The fourth-order valence-electron chi connectivity index (χ4n) is 3.29.